The average molecular weight is 384 g/mol. The van der Waals surface area contributed by atoms with Gasteiger partial charge in [0.15, 0.2) is 0 Å². The molecular formula is C20H20N2O4S. The summed E-state index contributed by atoms with van der Waals surface area (Å²) in [5.41, 5.74) is 0.322. The van der Waals surface area contributed by atoms with Gasteiger partial charge in [-0.1, -0.05) is 42.5 Å². The number of hydrogen-bond donors (Lipinski definition) is 2. The van der Waals surface area contributed by atoms with Crippen molar-refractivity contribution in [3.05, 3.63) is 65.7 Å². The summed E-state index contributed by atoms with van der Waals surface area (Å²) in [6, 6.07) is 16.1. The molecule has 1 saturated heterocycles. The second-order valence-corrected chi connectivity index (χ2v) is 7.50. The highest BCUT2D eigenvalue weighted by molar-refractivity contribution is 7.99. The van der Waals surface area contributed by atoms with Crippen LogP contribution in [0.5, 0.6) is 0 Å². The van der Waals surface area contributed by atoms with Crippen LogP contribution in [0.1, 0.15) is 35.9 Å². The van der Waals surface area contributed by atoms with Crippen molar-refractivity contribution in [1.82, 2.24) is 10.6 Å². The standard InChI is InChI=1S/C20H20N2O4S/c1-13(14-8-4-3-5-9-14)26-17(23)15-10-6-7-11-16(15)27-12-20(2)18(24)21-19(25)22-20/h3-11,13H,12H2,1-2H3,(H2,21,22,24,25)/t13-,20-/m0/s1. The molecule has 27 heavy (non-hydrogen) atoms. The average Bonchev–Trinajstić information content (AvgIpc) is 2.93. The van der Waals surface area contributed by atoms with Crippen molar-refractivity contribution in [2.75, 3.05) is 5.75 Å². The quantitative estimate of drug-likeness (QED) is 0.454. The number of thioether (sulfide) groups is 1. The zero-order valence-electron chi connectivity index (χ0n) is 15.0. The van der Waals surface area contributed by atoms with E-state index < -0.39 is 17.5 Å². The number of ether oxygens (including phenoxy) is 1. The van der Waals surface area contributed by atoms with E-state index in [0.717, 1.165) is 5.56 Å². The zero-order chi connectivity index (χ0) is 19.4. The minimum absolute atomic E-state index is 0.295. The largest absolute Gasteiger partial charge is 0.454 e. The Kier molecular flexibility index (Phi) is 5.51. The van der Waals surface area contributed by atoms with E-state index in [4.69, 9.17) is 4.74 Å². The van der Waals surface area contributed by atoms with Crippen molar-refractivity contribution < 1.29 is 19.1 Å². The molecule has 2 aromatic carbocycles. The first-order chi connectivity index (χ1) is 12.9. The predicted molar refractivity (Wildman–Crippen MR) is 103 cm³/mol. The maximum Gasteiger partial charge on any atom is 0.339 e. The number of carbonyl (C=O) groups excluding carboxylic acids is 3. The van der Waals surface area contributed by atoms with Crippen molar-refractivity contribution in [2.45, 2.75) is 30.4 Å². The van der Waals surface area contributed by atoms with Crippen LogP contribution in [-0.4, -0.2) is 29.2 Å². The Morgan fingerprint density at radius 3 is 2.44 bits per heavy atom. The van der Waals surface area contributed by atoms with Gasteiger partial charge in [-0.25, -0.2) is 9.59 Å². The van der Waals surface area contributed by atoms with Gasteiger partial charge in [-0.3, -0.25) is 10.1 Å². The number of rotatable bonds is 6. The molecule has 2 aromatic rings. The molecule has 7 heteroatoms. The van der Waals surface area contributed by atoms with Crippen molar-refractivity contribution in [1.29, 1.82) is 0 Å². The van der Waals surface area contributed by atoms with E-state index in [1.807, 2.05) is 43.3 Å². The summed E-state index contributed by atoms with van der Waals surface area (Å²) in [6.45, 7) is 3.47. The van der Waals surface area contributed by atoms with Gasteiger partial charge < -0.3 is 10.1 Å². The maximum absolute atomic E-state index is 12.7. The minimum Gasteiger partial charge on any atom is -0.454 e. The number of amides is 3. The fraction of sp³-hybridized carbons (Fsp3) is 0.250. The van der Waals surface area contributed by atoms with Gasteiger partial charge in [-0.05, 0) is 31.5 Å². The van der Waals surface area contributed by atoms with Crippen LogP contribution in [0.15, 0.2) is 59.5 Å². The number of nitrogens with one attached hydrogen (secondary N) is 2. The number of urea groups is 1. The van der Waals surface area contributed by atoms with Crippen LogP contribution >= 0.6 is 11.8 Å². The summed E-state index contributed by atoms with van der Waals surface area (Å²) < 4.78 is 5.60. The highest BCUT2D eigenvalue weighted by atomic mass is 32.2. The zero-order valence-corrected chi connectivity index (χ0v) is 15.8. The summed E-state index contributed by atoms with van der Waals surface area (Å²) >= 11 is 1.32. The van der Waals surface area contributed by atoms with E-state index in [-0.39, 0.29) is 12.0 Å². The van der Waals surface area contributed by atoms with Gasteiger partial charge in [0.05, 0.1) is 5.56 Å². The van der Waals surface area contributed by atoms with Crippen LogP contribution < -0.4 is 10.6 Å². The molecule has 0 radical (unpaired) electrons. The first-order valence-electron chi connectivity index (χ1n) is 8.50. The molecule has 0 aliphatic carbocycles. The van der Waals surface area contributed by atoms with Gasteiger partial charge in [-0.15, -0.1) is 11.8 Å². The summed E-state index contributed by atoms with van der Waals surface area (Å²) in [6.07, 6.45) is -0.380. The Morgan fingerprint density at radius 2 is 1.78 bits per heavy atom. The first-order valence-corrected chi connectivity index (χ1v) is 9.49. The topological polar surface area (TPSA) is 84.5 Å². The fourth-order valence-corrected chi connectivity index (χ4v) is 3.81. The third-order valence-corrected chi connectivity index (χ3v) is 5.68. The van der Waals surface area contributed by atoms with E-state index in [1.54, 1.807) is 25.1 Å². The maximum atomic E-state index is 12.7. The van der Waals surface area contributed by atoms with Crippen LogP contribution in [0.25, 0.3) is 0 Å². The van der Waals surface area contributed by atoms with Crippen LogP contribution in [-0.2, 0) is 9.53 Å². The molecule has 2 atom stereocenters. The molecule has 140 valence electrons. The highest BCUT2D eigenvalue weighted by Crippen LogP contribution is 2.29. The molecule has 2 N–H and O–H groups in total. The monoisotopic (exact) mass is 384 g/mol. The lowest BCUT2D eigenvalue weighted by Crippen LogP contribution is -2.46. The number of hydrogen-bond acceptors (Lipinski definition) is 5. The van der Waals surface area contributed by atoms with Crippen LogP contribution in [0.2, 0.25) is 0 Å². The lowest BCUT2D eigenvalue weighted by Gasteiger charge is -2.20. The third-order valence-electron chi connectivity index (χ3n) is 4.29. The van der Waals surface area contributed by atoms with Gasteiger partial charge in [0.2, 0.25) is 0 Å². The highest BCUT2D eigenvalue weighted by Gasteiger charge is 2.42. The number of esters is 1. The first kappa shape index (κ1) is 19.0. The van der Waals surface area contributed by atoms with E-state index in [1.165, 1.54) is 11.8 Å². The van der Waals surface area contributed by atoms with E-state index in [2.05, 4.69) is 10.6 Å². The van der Waals surface area contributed by atoms with Crippen molar-refractivity contribution in [2.24, 2.45) is 0 Å². The number of benzene rings is 2. The van der Waals surface area contributed by atoms with E-state index >= 15 is 0 Å². The SMILES string of the molecule is C[C@H](OC(=O)c1ccccc1SC[C@]1(C)NC(=O)NC1=O)c1ccccc1. The molecule has 3 rings (SSSR count). The smallest absolute Gasteiger partial charge is 0.339 e. The molecule has 3 amide bonds. The molecule has 0 spiro atoms. The van der Waals surface area contributed by atoms with Crippen molar-refractivity contribution >= 4 is 29.7 Å². The van der Waals surface area contributed by atoms with Crippen LogP contribution in [0.3, 0.4) is 0 Å². The van der Waals surface area contributed by atoms with Crippen molar-refractivity contribution in [3.8, 4) is 0 Å². The minimum atomic E-state index is -1.02. The Balaban J connectivity index is 1.71. The molecule has 1 heterocycles. The molecule has 0 bridgehead atoms. The molecule has 6 nitrogen and oxygen atoms in total. The normalized spacial score (nSPS) is 19.9. The summed E-state index contributed by atoms with van der Waals surface area (Å²) in [5, 5.41) is 4.85. The Morgan fingerprint density at radius 1 is 1.11 bits per heavy atom. The van der Waals surface area contributed by atoms with Gasteiger partial charge in [-0.2, -0.15) is 0 Å². The molecule has 0 unspecified atom stereocenters. The fourth-order valence-electron chi connectivity index (χ4n) is 2.68. The number of carbonyl (C=O) groups is 3. The van der Waals surface area contributed by atoms with Gasteiger partial charge in [0.1, 0.15) is 11.6 Å². The molecule has 1 aliphatic rings. The van der Waals surface area contributed by atoms with Gasteiger partial charge in [0.25, 0.3) is 5.91 Å². The van der Waals surface area contributed by atoms with Crippen LogP contribution in [0, 0.1) is 0 Å². The van der Waals surface area contributed by atoms with Gasteiger partial charge in [0, 0.05) is 10.6 Å². The van der Waals surface area contributed by atoms with E-state index in [0.29, 0.717) is 16.2 Å². The van der Waals surface area contributed by atoms with Crippen LogP contribution in [0.4, 0.5) is 4.79 Å². The molecular weight excluding hydrogens is 364 g/mol. The Labute approximate surface area is 161 Å². The molecule has 1 fully saturated rings. The van der Waals surface area contributed by atoms with E-state index in [9.17, 15) is 14.4 Å². The summed E-state index contributed by atoms with van der Waals surface area (Å²) in [4.78, 5) is 36.7. The Hall–Kier alpha value is -2.80. The Bertz CT molecular complexity index is 871. The van der Waals surface area contributed by atoms with Gasteiger partial charge >= 0.3 is 12.0 Å². The lowest BCUT2D eigenvalue weighted by atomic mass is 10.1. The van der Waals surface area contributed by atoms with Crippen molar-refractivity contribution in [3.63, 3.8) is 0 Å². The summed E-state index contributed by atoms with van der Waals surface area (Å²) in [7, 11) is 0. The summed E-state index contributed by atoms with van der Waals surface area (Å²) in [5.74, 6) is -0.513. The second-order valence-electron chi connectivity index (χ2n) is 6.48. The number of imide groups is 1. The molecule has 0 saturated carbocycles. The molecule has 1 aliphatic heterocycles. The third kappa shape index (κ3) is 4.31. The molecule has 0 aromatic heterocycles. The predicted octanol–water partition coefficient (Wildman–Crippen LogP) is 3.29. The second kappa shape index (κ2) is 7.84. The lowest BCUT2D eigenvalue weighted by molar-refractivity contribution is -0.122.